The van der Waals surface area contributed by atoms with E-state index < -0.39 is 0 Å². The molecule has 4 nitrogen and oxygen atoms in total. The molecule has 0 aliphatic heterocycles. The molecule has 0 spiro atoms. The fraction of sp³-hybridized carbons (Fsp3) is 0.400. The molecule has 1 aromatic carbocycles. The van der Waals surface area contributed by atoms with E-state index in [1.165, 1.54) is 0 Å². The number of carbonyl (C=O) groups is 1. The van der Waals surface area contributed by atoms with Crippen LogP contribution in [0.25, 0.3) is 0 Å². The second kappa shape index (κ2) is 7.30. The van der Waals surface area contributed by atoms with Gasteiger partial charge in [0, 0.05) is 10.6 Å². The predicted octanol–water partition coefficient (Wildman–Crippen LogP) is 2.40. The molecular weight excluding hydrogens is 276 g/mol. The highest BCUT2D eigenvalue weighted by Crippen LogP contribution is 2.20. The van der Waals surface area contributed by atoms with Gasteiger partial charge in [0.1, 0.15) is 6.61 Å². The first kappa shape index (κ1) is 16.5. The van der Waals surface area contributed by atoms with E-state index in [2.05, 4.69) is 17.2 Å². The molecule has 0 aromatic heterocycles. The number of halogens is 1. The first-order valence-corrected chi connectivity index (χ1v) is 6.62. The van der Waals surface area contributed by atoms with E-state index in [-0.39, 0.29) is 24.7 Å². The Morgan fingerprint density at radius 3 is 2.75 bits per heavy atom. The number of ether oxygens (including phenoxy) is 1. The van der Waals surface area contributed by atoms with Gasteiger partial charge in [-0.2, -0.15) is 0 Å². The Bertz CT molecular complexity index is 539. The Kier molecular flexibility index (Phi) is 6.03. The van der Waals surface area contributed by atoms with Crippen LogP contribution in [-0.4, -0.2) is 24.7 Å². The van der Waals surface area contributed by atoms with Crippen molar-refractivity contribution in [2.45, 2.75) is 26.4 Å². The first-order chi connectivity index (χ1) is 9.31. The lowest BCUT2D eigenvalue weighted by Gasteiger charge is -2.19. The van der Waals surface area contributed by atoms with E-state index in [9.17, 15) is 4.79 Å². The molecule has 1 aromatic rings. The van der Waals surface area contributed by atoms with Crippen LogP contribution in [0.2, 0.25) is 5.02 Å². The highest BCUT2D eigenvalue weighted by Gasteiger charge is 2.13. The van der Waals surface area contributed by atoms with Gasteiger partial charge < -0.3 is 15.8 Å². The van der Waals surface area contributed by atoms with Crippen LogP contribution < -0.4 is 11.1 Å². The summed E-state index contributed by atoms with van der Waals surface area (Å²) >= 11 is 5.92. The van der Waals surface area contributed by atoms with Crippen molar-refractivity contribution in [3.8, 4) is 11.8 Å². The molecule has 20 heavy (non-hydrogen) atoms. The number of carbonyl (C=O) groups excluding carboxylic acids is 1. The fourth-order valence-corrected chi connectivity index (χ4v) is 1.52. The van der Waals surface area contributed by atoms with E-state index in [1.807, 2.05) is 20.8 Å². The van der Waals surface area contributed by atoms with E-state index in [0.717, 1.165) is 0 Å². The van der Waals surface area contributed by atoms with Crippen molar-refractivity contribution in [1.29, 1.82) is 0 Å². The minimum absolute atomic E-state index is 0.0180. The van der Waals surface area contributed by atoms with Crippen molar-refractivity contribution >= 4 is 23.2 Å². The molecule has 0 aliphatic carbocycles. The molecule has 0 saturated carbocycles. The second-order valence-corrected chi connectivity index (χ2v) is 5.58. The Morgan fingerprint density at radius 1 is 1.45 bits per heavy atom. The van der Waals surface area contributed by atoms with Crippen molar-refractivity contribution in [2.75, 3.05) is 18.5 Å². The second-order valence-electron chi connectivity index (χ2n) is 5.15. The van der Waals surface area contributed by atoms with Crippen molar-refractivity contribution in [2.24, 2.45) is 5.73 Å². The number of nitrogens with one attached hydrogen (secondary N) is 1. The number of anilines is 1. The molecule has 0 heterocycles. The number of hydrogen-bond donors (Lipinski definition) is 2. The van der Waals surface area contributed by atoms with E-state index in [1.54, 1.807) is 18.2 Å². The molecule has 0 atom stereocenters. The van der Waals surface area contributed by atoms with Gasteiger partial charge in [0.25, 0.3) is 0 Å². The zero-order valence-electron chi connectivity index (χ0n) is 11.9. The van der Waals surface area contributed by atoms with Crippen LogP contribution in [0.5, 0.6) is 0 Å². The molecule has 0 fully saturated rings. The molecule has 3 N–H and O–H groups in total. The zero-order valence-corrected chi connectivity index (χ0v) is 12.7. The maximum atomic E-state index is 11.8. The Morgan fingerprint density at radius 2 is 2.15 bits per heavy atom. The highest BCUT2D eigenvalue weighted by molar-refractivity contribution is 6.30. The number of nitrogens with two attached hydrogens (primary N) is 1. The summed E-state index contributed by atoms with van der Waals surface area (Å²) in [4.78, 5) is 11.8. The lowest BCUT2D eigenvalue weighted by Crippen LogP contribution is -2.27. The van der Waals surface area contributed by atoms with Gasteiger partial charge in [-0.05, 0) is 39.0 Å². The molecule has 0 saturated heterocycles. The van der Waals surface area contributed by atoms with E-state index in [0.29, 0.717) is 16.3 Å². The Hall–Kier alpha value is -1.54. The average Bonchev–Trinajstić information content (AvgIpc) is 2.36. The number of hydrogen-bond acceptors (Lipinski definition) is 3. The maximum absolute atomic E-state index is 11.8. The van der Waals surface area contributed by atoms with Crippen LogP contribution >= 0.6 is 11.6 Å². The molecule has 0 bridgehead atoms. The summed E-state index contributed by atoms with van der Waals surface area (Å²) in [5.41, 5.74) is 6.21. The summed E-state index contributed by atoms with van der Waals surface area (Å²) in [6, 6.07) is 5.08. The molecule has 1 rings (SSSR count). The normalized spacial score (nSPS) is 10.7. The zero-order chi connectivity index (χ0) is 15.2. The molecule has 0 aliphatic rings. The van der Waals surface area contributed by atoms with Crippen molar-refractivity contribution in [3.05, 3.63) is 28.8 Å². The van der Waals surface area contributed by atoms with Gasteiger partial charge in [-0.3, -0.25) is 4.79 Å². The lowest BCUT2D eigenvalue weighted by molar-refractivity contribution is -0.125. The number of rotatable bonds is 3. The van der Waals surface area contributed by atoms with Gasteiger partial charge in [-0.1, -0.05) is 23.4 Å². The van der Waals surface area contributed by atoms with Crippen LogP contribution in [0.1, 0.15) is 26.3 Å². The van der Waals surface area contributed by atoms with Crippen molar-refractivity contribution < 1.29 is 9.53 Å². The number of benzene rings is 1. The van der Waals surface area contributed by atoms with Gasteiger partial charge >= 0.3 is 0 Å². The standard InChI is InChI=1S/C15H19ClN2O2/c1-15(2,3)20-10-14(19)18-13-7-6-12(16)9-11(13)5-4-8-17/h6-7,9H,8,10,17H2,1-3H3,(H,18,19). The summed E-state index contributed by atoms with van der Waals surface area (Å²) in [7, 11) is 0. The first-order valence-electron chi connectivity index (χ1n) is 6.24. The van der Waals surface area contributed by atoms with Crippen molar-refractivity contribution in [1.82, 2.24) is 0 Å². The highest BCUT2D eigenvalue weighted by atomic mass is 35.5. The fourth-order valence-electron chi connectivity index (χ4n) is 1.34. The van der Waals surface area contributed by atoms with Crippen molar-refractivity contribution in [3.63, 3.8) is 0 Å². The van der Waals surface area contributed by atoms with Crippen LogP contribution in [0.15, 0.2) is 18.2 Å². The van der Waals surface area contributed by atoms with Crippen LogP contribution in [0.3, 0.4) is 0 Å². The topological polar surface area (TPSA) is 64.3 Å². The SMILES string of the molecule is CC(C)(C)OCC(=O)Nc1ccc(Cl)cc1C#CCN. The third-order valence-corrected chi connectivity index (χ3v) is 2.45. The third kappa shape index (κ3) is 6.07. The number of amides is 1. The average molecular weight is 295 g/mol. The Labute approximate surface area is 124 Å². The maximum Gasteiger partial charge on any atom is 0.250 e. The molecule has 108 valence electrons. The molecule has 5 heteroatoms. The van der Waals surface area contributed by atoms with Gasteiger partial charge in [0.05, 0.1) is 17.8 Å². The summed E-state index contributed by atoms with van der Waals surface area (Å²) in [5, 5.41) is 3.30. The molecular formula is C15H19ClN2O2. The van der Waals surface area contributed by atoms with Crippen LogP contribution in [-0.2, 0) is 9.53 Å². The summed E-state index contributed by atoms with van der Waals surface area (Å²) in [6.45, 7) is 5.89. The van der Waals surface area contributed by atoms with Gasteiger partial charge in [-0.25, -0.2) is 0 Å². The molecule has 1 amide bonds. The smallest absolute Gasteiger partial charge is 0.250 e. The predicted molar refractivity (Wildman–Crippen MR) is 81.7 cm³/mol. The minimum atomic E-state index is -0.362. The van der Waals surface area contributed by atoms with Gasteiger partial charge in [0.2, 0.25) is 5.91 Å². The summed E-state index contributed by atoms with van der Waals surface area (Å²) < 4.78 is 5.41. The molecule has 0 unspecified atom stereocenters. The van der Waals surface area contributed by atoms with Gasteiger partial charge in [0.15, 0.2) is 0 Å². The third-order valence-electron chi connectivity index (χ3n) is 2.22. The quantitative estimate of drug-likeness (QED) is 0.842. The Balaban J connectivity index is 2.79. The van der Waals surface area contributed by atoms with E-state index >= 15 is 0 Å². The summed E-state index contributed by atoms with van der Waals surface area (Å²) in [6.07, 6.45) is 0. The van der Waals surface area contributed by atoms with Gasteiger partial charge in [-0.15, -0.1) is 0 Å². The van der Waals surface area contributed by atoms with E-state index in [4.69, 9.17) is 22.1 Å². The van der Waals surface area contributed by atoms with Crippen LogP contribution in [0, 0.1) is 11.8 Å². The largest absolute Gasteiger partial charge is 0.366 e. The summed E-state index contributed by atoms with van der Waals surface area (Å²) in [5.74, 6) is 5.38. The minimum Gasteiger partial charge on any atom is -0.366 e. The lowest BCUT2D eigenvalue weighted by atomic mass is 10.1. The molecule has 0 radical (unpaired) electrons. The van der Waals surface area contributed by atoms with Crippen LogP contribution in [0.4, 0.5) is 5.69 Å². The monoisotopic (exact) mass is 294 g/mol.